The van der Waals surface area contributed by atoms with Crippen molar-refractivity contribution in [3.05, 3.63) is 70.9 Å². The molecule has 1 aliphatic heterocycles. The van der Waals surface area contributed by atoms with Crippen LogP contribution in [-0.2, 0) is 20.7 Å². The molecule has 2 heterocycles. The predicted octanol–water partition coefficient (Wildman–Crippen LogP) is 4.85. The maximum atomic E-state index is 13.0. The van der Waals surface area contributed by atoms with E-state index in [0.717, 1.165) is 22.2 Å². The van der Waals surface area contributed by atoms with Gasteiger partial charge in [-0.1, -0.05) is 30.3 Å². The van der Waals surface area contributed by atoms with E-state index in [4.69, 9.17) is 21.1 Å². The number of methoxy groups -OCH3 is 1. The third-order valence-electron chi connectivity index (χ3n) is 5.85. The first kappa shape index (κ1) is 23.3. The first-order chi connectivity index (χ1) is 15.7. The van der Waals surface area contributed by atoms with Crippen molar-refractivity contribution in [1.82, 2.24) is 9.88 Å². The van der Waals surface area contributed by atoms with Gasteiger partial charge in [0.1, 0.15) is 11.5 Å². The molecule has 0 fully saturated rings. The second-order valence-corrected chi connectivity index (χ2v) is 9.60. The first-order valence-corrected chi connectivity index (χ1v) is 11.6. The molecule has 1 amide bonds. The number of nitrogens with one attached hydrogen (secondary N) is 1. The zero-order valence-electron chi connectivity index (χ0n) is 19.4. The van der Waals surface area contributed by atoms with Crippen molar-refractivity contribution in [3.63, 3.8) is 0 Å². The van der Waals surface area contributed by atoms with Crippen LogP contribution in [-0.4, -0.2) is 53.0 Å². The van der Waals surface area contributed by atoms with E-state index in [1.807, 2.05) is 56.0 Å². The van der Waals surface area contributed by atoms with Crippen LogP contribution in [0.2, 0.25) is 0 Å². The number of alkyl halides is 1. The number of amides is 1. The van der Waals surface area contributed by atoms with Crippen molar-refractivity contribution >= 4 is 34.4 Å². The van der Waals surface area contributed by atoms with Crippen LogP contribution < -0.4 is 0 Å². The highest BCUT2D eigenvalue weighted by atomic mass is 35.5. The molecule has 0 unspecified atom stereocenters. The number of carbonyl (C=O) groups excluding carboxylic acids is 2. The van der Waals surface area contributed by atoms with Crippen molar-refractivity contribution in [2.45, 2.75) is 44.9 Å². The van der Waals surface area contributed by atoms with Gasteiger partial charge in [-0.25, -0.2) is 4.79 Å². The van der Waals surface area contributed by atoms with Crippen molar-refractivity contribution in [2.75, 3.05) is 19.6 Å². The molecule has 1 N–H and O–H groups in total. The molecular formula is C26H29ClN2O4. The van der Waals surface area contributed by atoms with Gasteiger partial charge < -0.3 is 19.4 Å². The third-order valence-corrected chi connectivity index (χ3v) is 6.08. The Labute approximate surface area is 198 Å². The maximum Gasteiger partial charge on any atom is 0.338 e. The molecule has 33 heavy (non-hydrogen) atoms. The summed E-state index contributed by atoms with van der Waals surface area (Å²) in [6.07, 6.45) is 0.669. The molecule has 7 heteroatoms. The molecular weight excluding hydrogens is 440 g/mol. The van der Waals surface area contributed by atoms with Crippen LogP contribution in [0.5, 0.6) is 0 Å². The number of aromatic nitrogens is 1. The number of para-hydroxylation sites is 1. The average Bonchev–Trinajstić information content (AvgIpc) is 3.15. The predicted molar refractivity (Wildman–Crippen MR) is 129 cm³/mol. The fourth-order valence-electron chi connectivity index (χ4n) is 4.57. The standard InChI is InChI=1S/C26H29ClN2O4/c1-26(2,3)33-25(31)17-11-9-16(10-12-17)24-23-20(19-7-5-6-8-21(19)28-23)13-18(15-32-4)29(24)22(30)14-27/h5-12,18,24,28H,13-15H2,1-4H3/t18-,24-/m1/s1. The van der Waals surface area contributed by atoms with Crippen LogP contribution in [0.25, 0.3) is 10.9 Å². The lowest BCUT2D eigenvalue weighted by Gasteiger charge is -2.42. The number of fused-ring (bicyclic) bond motifs is 3. The molecule has 0 saturated carbocycles. The summed E-state index contributed by atoms with van der Waals surface area (Å²) in [5, 5.41) is 1.14. The smallest absolute Gasteiger partial charge is 0.338 e. The Bertz CT molecular complexity index is 1160. The Hall–Kier alpha value is -2.83. The Balaban J connectivity index is 1.81. The molecule has 0 aliphatic carbocycles. The van der Waals surface area contributed by atoms with Crippen LogP contribution in [0.1, 0.15) is 54.0 Å². The van der Waals surface area contributed by atoms with Gasteiger partial charge in [0, 0.05) is 23.7 Å². The molecule has 4 rings (SSSR count). The van der Waals surface area contributed by atoms with Gasteiger partial charge in [-0.15, -0.1) is 11.6 Å². The Morgan fingerprint density at radius 2 is 1.82 bits per heavy atom. The molecule has 2 aromatic carbocycles. The van der Waals surface area contributed by atoms with E-state index >= 15 is 0 Å². The number of rotatable bonds is 5. The highest BCUT2D eigenvalue weighted by Crippen LogP contribution is 2.41. The van der Waals surface area contributed by atoms with Gasteiger partial charge in [0.2, 0.25) is 5.91 Å². The van der Waals surface area contributed by atoms with Gasteiger partial charge in [-0.2, -0.15) is 0 Å². The summed E-state index contributed by atoms with van der Waals surface area (Å²) in [7, 11) is 1.64. The second-order valence-electron chi connectivity index (χ2n) is 9.34. The topological polar surface area (TPSA) is 71.6 Å². The molecule has 6 nitrogen and oxygen atoms in total. The van der Waals surface area contributed by atoms with Crippen LogP contribution >= 0.6 is 11.6 Å². The zero-order chi connectivity index (χ0) is 23.8. The van der Waals surface area contributed by atoms with Gasteiger partial charge in [-0.05, 0) is 56.5 Å². The quantitative estimate of drug-likeness (QED) is 0.429. The molecule has 1 aromatic heterocycles. The summed E-state index contributed by atoms with van der Waals surface area (Å²) in [5.74, 6) is -0.665. The van der Waals surface area contributed by atoms with Gasteiger partial charge in [0.05, 0.1) is 24.3 Å². The summed E-state index contributed by atoms with van der Waals surface area (Å²) >= 11 is 6.03. The summed E-state index contributed by atoms with van der Waals surface area (Å²) in [4.78, 5) is 30.9. The number of benzene rings is 2. The minimum Gasteiger partial charge on any atom is -0.456 e. The minimum absolute atomic E-state index is 0.123. The minimum atomic E-state index is -0.574. The van der Waals surface area contributed by atoms with Crippen LogP contribution in [0.3, 0.4) is 0 Å². The molecule has 0 saturated heterocycles. The van der Waals surface area contributed by atoms with Crippen LogP contribution in [0.4, 0.5) is 0 Å². The lowest BCUT2D eigenvalue weighted by atomic mass is 9.88. The fraction of sp³-hybridized carbons (Fsp3) is 0.385. The van der Waals surface area contributed by atoms with Gasteiger partial charge >= 0.3 is 5.97 Å². The van der Waals surface area contributed by atoms with Crippen molar-refractivity contribution in [1.29, 1.82) is 0 Å². The molecule has 174 valence electrons. The van der Waals surface area contributed by atoms with E-state index < -0.39 is 5.60 Å². The van der Waals surface area contributed by atoms with Crippen molar-refractivity contribution in [2.24, 2.45) is 0 Å². The normalized spacial score (nSPS) is 18.3. The number of nitrogens with zero attached hydrogens (tertiary/aromatic N) is 1. The number of ether oxygens (including phenoxy) is 2. The summed E-state index contributed by atoms with van der Waals surface area (Å²) in [6, 6.07) is 14.8. The van der Waals surface area contributed by atoms with Crippen LogP contribution in [0, 0.1) is 0 Å². The van der Waals surface area contributed by atoms with Gasteiger partial charge in [0.25, 0.3) is 0 Å². The van der Waals surface area contributed by atoms with Gasteiger partial charge in [0.15, 0.2) is 0 Å². The Morgan fingerprint density at radius 1 is 1.12 bits per heavy atom. The van der Waals surface area contributed by atoms with E-state index in [2.05, 4.69) is 11.1 Å². The van der Waals surface area contributed by atoms with Crippen molar-refractivity contribution in [3.8, 4) is 0 Å². The number of halogens is 1. The number of H-pyrrole nitrogens is 1. The van der Waals surface area contributed by atoms with E-state index in [1.54, 1.807) is 19.2 Å². The molecule has 3 aromatic rings. The molecule has 2 atom stereocenters. The molecule has 0 radical (unpaired) electrons. The van der Waals surface area contributed by atoms with E-state index in [-0.39, 0.29) is 29.8 Å². The zero-order valence-corrected chi connectivity index (χ0v) is 20.1. The summed E-state index contributed by atoms with van der Waals surface area (Å²) < 4.78 is 11.0. The lowest BCUT2D eigenvalue weighted by Crippen LogP contribution is -2.50. The second kappa shape index (κ2) is 9.20. The fourth-order valence-corrected chi connectivity index (χ4v) is 4.71. The lowest BCUT2D eigenvalue weighted by molar-refractivity contribution is -0.134. The maximum absolute atomic E-state index is 13.0. The van der Waals surface area contributed by atoms with E-state index in [9.17, 15) is 9.59 Å². The van der Waals surface area contributed by atoms with Crippen LogP contribution in [0.15, 0.2) is 48.5 Å². The van der Waals surface area contributed by atoms with Crippen molar-refractivity contribution < 1.29 is 19.1 Å². The first-order valence-electron chi connectivity index (χ1n) is 11.0. The number of hydrogen-bond donors (Lipinski definition) is 1. The highest BCUT2D eigenvalue weighted by molar-refractivity contribution is 6.27. The summed E-state index contributed by atoms with van der Waals surface area (Å²) in [5.41, 5.74) is 3.93. The number of esters is 1. The van der Waals surface area contributed by atoms with Gasteiger partial charge in [-0.3, -0.25) is 4.79 Å². The number of carbonyl (C=O) groups is 2. The Kier molecular flexibility index (Phi) is 6.50. The largest absolute Gasteiger partial charge is 0.456 e. The molecule has 1 aliphatic rings. The highest BCUT2D eigenvalue weighted by Gasteiger charge is 2.40. The summed E-state index contributed by atoms with van der Waals surface area (Å²) in [6.45, 7) is 5.91. The molecule has 0 spiro atoms. The van der Waals surface area contributed by atoms with E-state index in [0.29, 0.717) is 18.6 Å². The number of aromatic amines is 1. The molecule has 0 bridgehead atoms. The monoisotopic (exact) mass is 468 g/mol. The number of hydrogen-bond acceptors (Lipinski definition) is 4. The Morgan fingerprint density at radius 3 is 2.45 bits per heavy atom. The van der Waals surface area contributed by atoms with E-state index in [1.165, 1.54) is 5.56 Å². The SMILES string of the molecule is COC[C@H]1Cc2c([nH]c3ccccc23)[C@@H](c2ccc(C(=O)OC(C)(C)C)cc2)N1C(=O)CCl. The third kappa shape index (κ3) is 4.63. The average molecular weight is 469 g/mol.